The summed E-state index contributed by atoms with van der Waals surface area (Å²) in [6.45, 7) is 0.900. The van der Waals surface area contributed by atoms with Crippen molar-refractivity contribution in [2.75, 3.05) is 13.2 Å². The van der Waals surface area contributed by atoms with Crippen LogP contribution in [0.1, 0.15) is 30.0 Å². The molecule has 2 fully saturated rings. The van der Waals surface area contributed by atoms with Gasteiger partial charge in [-0.1, -0.05) is 59.6 Å². The highest BCUT2D eigenvalue weighted by molar-refractivity contribution is 6.46. The molecule has 2 aliphatic heterocycles. The van der Waals surface area contributed by atoms with E-state index in [0.29, 0.717) is 27.8 Å². The van der Waals surface area contributed by atoms with Gasteiger partial charge in [0, 0.05) is 18.7 Å². The quantitative estimate of drug-likeness (QED) is 0.436. The second-order valence-electron chi connectivity index (χ2n) is 7.13. The van der Waals surface area contributed by atoms with Crippen LogP contribution in [0, 0.1) is 0 Å². The molecule has 0 radical (unpaired) electrons. The van der Waals surface area contributed by atoms with Gasteiger partial charge in [0.1, 0.15) is 5.76 Å². The molecule has 0 saturated carbocycles. The van der Waals surface area contributed by atoms with E-state index in [1.165, 1.54) is 4.90 Å². The molecule has 2 atom stereocenters. The van der Waals surface area contributed by atoms with Crippen molar-refractivity contribution in [3.63, 3.8) is 0 Å². The maximum atomic E-state index is 12.9. The minimum absolute atomic E-state index is 0.0394. The van der Waals surface area contributed by atoms with Crippen molar-refractivity contribution in [3.05, 3.63) is 75.3 Å². The van der Waals surface area contributed by atoms with Crippen LogP contribution in [0.2, 0.25) is 10.0 Å². The number of rotatable bonds is 4. The zero-order chi connectivity index (χ0) is 20.5. The zero-order valence-electron chi connectivity index (χ0n) is 15.5. The van der Waals surface area contributed by atoms with Gasteiger partial charge in [0.2, 0.25) is 0 Å². The van der Waals surface area contributed by atoms with Crippen LogP contribution in [0.25, 0.3) is 5.76 Å². The number of carbonyl (C=O) groups excluding carboxylic acids is 2. The first-order chi connectivity index (χ1) is 14.0. The van der Waals surface area contributed by atoms with Gasteiger partial charge in [0.05, 0.1) is 27.8 Å². The molecule has 2 saturated heterocycles. The number of Topliss-reactive ketones (excluding diaryl/α,β-unsaturated/α-hetero) is 1. The normalized spacial score (nSPS) is 23.7. The van der Waals surface area contributed by atoms with Crippen molar-refractivity contribution in [2.24, 2.45) is 0 Å². The van der Waals surface area contributed by atoms with Crippen LogP contribution in [0.3, 0.4) is 0 Å². The maximum Gasteiger partial charge on any atom is 0.295 e. The van der Waals surface area contributed by atoms with Crippen LogP contribution in [0.5, 0.6) is 0 Å². The number of benzene rings is 2. The number of hydrogen-bond donors (Lipinski definition) is 1. The van der Waals surface area contributed by atoms with Gasteiger partial charge in [-0.2, -0.15) is 0 Å². The predicted octanol–water partition coefficient (Wildman–Crippen LogP) is 4.59. The van der Waals surface area contributed by atoms with Crippen LogP contribution in [0.4, 0.5) is 0 Å². The fourth-order valence-corrected chi connectivity index (χ4v) is 4.16. The van der Waals surface area contributed by atoms with E-state index >= 15 is 0 Å². The third-order valence-corrected chi connectivity index (χ3v) is 6.01. The van der Waals surface area contributed by atoms with Crippen LogP contribution in [-0.2, 0) is 14.3 Å². The van der Waals surface area contributed by atoms with E-state index in [1.807, 2.05) is 6.07 Å². The number of ether oxygens (including phenoxy) is 1. The molecule has 0 bridgehead atoms. The smallest absolute Gasteiger partial charge is 0.295 e. The Balaban J connectivity index is 1.84. The fourth-order valence-electron chi connectivity index (χ4n) is 3.86. The van der Waals surface area contributed by atoms with Crippen LogP contribution >= 0.6 is 23.2 Å². The number of halogens is 2. The Kier molecular flexibility index (Phi) is 5.63. The van der Waals surface area contributed by atoms with E-state index in [-0.39, 0.29) is 24.0 Å². The minimum Gasteiger partial charge on any atom is -0.507 e. The van der Waals surface area contributed by atoms with E-state index < -0.39 is 17.7 Å². The van der Waals surface area contributed by atoms with Gasteiger partial charge < -0.3 is 14.7 Å². The lowest BCUT2D eigenvalue weighted by Gasteiger charge is -2.27. The molecule has 2 aromatic rings. The number of aliphatic hydroxyl groups excluding tert-OH is 1. The Bertz CT molecular complexity index is 984. The molecule has 1 amide bonds. The molecule has 150 valence electrons. The summed E-state index contributed by atoms with van der Waals surface area (Å²) in [6, 6.07) is 12.9. The van der Waals surface area contributed by atoms with Crippen LogP contribution < -0.4 is 0 Å². The molecule has 1 N–H and O–H groups in total. The molecule has 2 aliphatic rings. The largest absolute Gasteiger partial charge is 0.507 e. The summed E-state index contributed by atoms with van der Waals surface area (Å²) in [6.07, 6.45) is 1.58. The predicted molar refractivity (Wildman–Crippen MR) is 111 cm³/mol. The first-order valence-electron chi connectivity index (χ1n) is 9.37. The van der Waals surface area contributed by atoms with Crippen molar-refractivity contribution in [3.8, 4) is 0 Å². The second-order valence-corrected chi connectivity index (χ2v) is 7.94. The maximum absolute atomic E-state index is 12.9. The van der Waals surface area contributed by atoms with Gasteiger partial charge in [0.25, 0.3) is 11.7 Å². The summed E-state index contributed by atoms with van der Waals surface area (Å²) in [5, 5.41) is 11.6. The van der Waals surface area contributed by atoms with Crippen molar-refractivity contribution in [1.29, 1.82) is 0 Å². The average Bonchev–Trinajstić information content (AvgIpc) is 3.33. The number of likely N-dealkylation sites (tertiary alicyclic amines) is 1. The molecular weight excluding hydrogens is 413 g/mol. The van der Waals surface area contributed by atoms with E-state index in [9.17, 15) is 14.7 Å². The standard InChI is InChI=1S/C22H19Cl2NO4/c23-16-9-8-14(11-17(16)24)19-18(20(26)13-5-2-1-3-6-13)21(27)22(28)25(19)12-15-7-4-10-29-15/h1-3,5-6,8-9,11,15,19,26H,4,7,10,12H2/b20-18-. The number of hydrogen-bond acceptors (Lipinski definition) is 4. The zero-order valence-corrected chi connectivity index (χ0v) is 17.0. The van der Waals surface area contributed by atoms with E-state index in [2.05, 4.69) is 0 Å². The third kappa shape index (κ3) is 3.78. The number of nitrogens with zero attached hydrogens (tertiary/aromatic N) is 1. The van der Waals surface area contributed by atoms with Gasteiger partial charge in [0.15, 0.2) is 0 Å². The Labute approximate surface area is 178 Å². The van der Waals surface area contributed by atoms with E-state index in [0.717, 1.165) is 12.8 Å². The minimum atomic E-state index is -0.769. The lowest BCUT2D eigenvalue weighted by atomic mass is 9.95. The molecule has 4 rings (SSSR count). The van der Waals surface area contributed by atoms with Crippen molar-refractivity contribution in [1.82, 2.24) is 4.90 Å². The summed E-state index contributed by atoms with van der Waals surface area (Å²) >= 11 is 12.3. The number of aliphatic hydroxyl groups is 1. The molecule has 2 aromatic carbocycles. The first-order valence-corrected chi connectivity index (χ1v) is 10.1. The second kappa shape index (κ2) is 8.19. The monoisotopic (exact) mass is 431 g/mol. The highest BCUT2D eigenvalue weighted by Crippen LogP contribution is 2.41. The molecule has 29 heavy (non-hydrogen) atoms. The summed E-state index contributed by atoms with van der Waals surface area (Å²) < 4.78 is 5.67. The van der Waals surface area contributed by atoms with Crippen LogP contribution in [0.15, 0.2) is 54.1 Å². The summed E-state index contributed by atoms with van der Waals surface area (Å²) in [4.78, 5) is 27.3. The topological polar surface area (TPSA) is 66.8 Å². The fraction of sp³-hybridized carbons (Fsp3) is 0.273. The highest BCUT2D eigenvalue weighted by atomic mass is 35.5. The summed E-state index contributed by atoms with van der Waals surface area (Å²) in [5.74, 6) is -1.59. The van der Waals surface area contributed by atoms with Gasteiger partial charge in [-0.05, 0) is 30.5 Å². The lowest BCUT2D eigenvalue weighted by Crippen LogP contribution is -2.36. The van der Waals surface area contributed by atoms with Crippen LogP contribution in [-0.4, -0.2) is 41.0 Å². The third-order valence-electron chi connectivity index (χ3n) is 5.27. The van der Waals surface area contributed by atoms with Crippen molar-refractivity contribution >= 4 is 40.7 Å². The molecule has 2 unspecified atom stereocenters. The van der Waals surface area contributed by atoms with E-state index in [1.54, 1.807) is 42.5 Å². The van der Waals surface area contributed by atoms with Gasteiger partial charge >= 0.3 is 0 Å². The SMILES string of the molecule is O=C1C(=O)N(CC2CCCO2)C(c2ccc(Cl)c(Cl)c2)/C1=C(/O)c1ccccc1. The highest BCUT2D eigenvalue weighted by Gasteiger charge is 2.47. The van der Waals surface area contributed by atoms with Gasteiger partial charge in [-0.3, -0.25) is 9.59 Å². The Morgan fingerprint density at radius 2 is 1.86 bits per heavy atom. The summed E-state index contributed by atoms with van der Waals surface area (Å²) in [7, 11) is 0. The Morgan fingerprint density at radius 3 is 2.52 bits per heavy atom. The Morgan fingerprint density at radius 1 is 1.10 bits per heavy atom. The average molecular weight is 432 g/mol. The van der Waals surface area contributed by atoms with E-state index in [4.69, 9.17) is 27.9 Å². The van der Waals surface area contributed by atoms with Gasteiger partial charge in [-0.15, -0.1) is 0 Å². The number of carbonyl (C=O) groups is 2. The molecule has 5 nitrogen and oxygen atoms in total. The number of amides is 1. The molecule has 0 spiro atoms. The Hall–Kier alpha value is -2.34. The summed E-state index contributed by atoms with van der Waals surface area (Å²) in [5.41, 5.74) is 1.11. The molecular formula is C22H19Cl2NO4. The number of ketones is 1. The lowest BCUT2D eigenvalue weighted by molar-refractivity contribution is -0.140. The molecule has 0 aliphatic carbocycles. The van der Waals surface area contributed by atoms with Gasteiger partial charge in [-0.25, -0.2) is 0 Å². The first kappa shape index (κ1) is 20.0. The molecule has 7 heteroatoms. The van der Waals surface area contributed by atoms with Crippen molar-refractivity contribution < 1.29 is 19.4 Å². The van der Waals surface area contributed by atoms with Crippen molar-refractivity contribution in [2.45, 2.75) is 25.0 Å². The molecule has 2 heterocycles. The molecule has 0 aromatic heterocycles.